The van der Waals surface area contributed by atoms with Crippen molar-refractivity contribution in [3.8, 4) is 0 Å². The molecule has 76 valence electrons. The molecule has 0 bridgehead atoms. The summed E-state index contributed by atoms with van der Waals surface area (Å²) < 4.78 is 3.59. The van der Waals surface area contributed by atoms with Gasteiger partial charge in [0.05, 0.1) is 11.9 Å². The van der Waals surface area contributed by atoms with Gasteiger partial charge in [-0.3, -0.25) is 4.79 Å². The number of carbonyl (C=O) groups is 1. The Morgan fingerprint density at radius 3 is 2.93 bits per heavy atom. The molecule has 0 radical (unpaired) electrons. The summed E-state index contributed by atoms with van der Waals surface area (Å²) in [6.45, 7) is 0. The Kier molecular flexibility index (Phi) is 2.55. The molecule has 0 aliphatic carbocycles. The molecule has 0 aliphatic heterocycles. The summed E-state index contributed by atoms with van der Waals surface area (Å²) in [7, 11) is 0. The maximum atomic E-state index is 11.5. The summed E-state index contributed by atoms with van der Waals surface area (Å²) in [5.74, 6) is 0.100. The lowest BCUT2D eigenvalue weighted by Crippen LogP contribution is -2.13. The Bertz CT molecular complexity index is 452. The van der Waals surface area contributed by atoms with Crippen molar-refractivity contribution in [3.05, 3.63) is 29.4 Å². The number of anilines is 2. The minimum Gasteiger partial charge on any atom is -0.397 e. The second-order valence-corrected chi connectivity index (χ2v) is 3.33. The van der Waals surface area contributed by atoms with Crippen LogP contribution in [0.5, 0.6) is 0 Å². The van der Waals surface area contributed by atoms with E-state index >= 15 is 0 Å². The smallest absolute Gasteiger partial charge is 0.278 e. The number of nitrogens with zero attached hydrogens (tertiary/aromatic N) is 3. The van der Waals surface area contributed by atoms with E-state index in [1.165, 1.54) is 6.20 Å². The molecular formula is C8H7N5OS. The molecule has 2 heterocycles. The number of rotatable bonds is 2. The van der Waals surface area contributed by atoms with Gasteiger partial charge in [0, 0.05) is 5.38 Å². The van der Waals surface area contributed by atoms with Crippen LogP contribution in [0, 0.1) is 0 Å². The SMILES string of the molecule is Nc1ccc(NC(=O)c2csnn2)nc1. The van der Waals surface area contributed by atoms with Gasteiger partial charge in [0.1, 0.15) is 5.82 Å². The van der Waals surface area contributed by atoms with Gasteiger partial charge < -0.3 is 11.1 Å². The largest absolute Gasteiger partial charge is 0.397 e. The highest BCUT2D eigenvalue weighted by Crippen LogP contribution is 2.07. The summed E-state index contributed by atoms with van der Waals surface area (Å²) in [6, 6.07) is 3.27. The Hall–Kier alpha value is -2.02. The summed E-state index contributed by atoms with van der Waals surface area (Å²) in [5.41, 5.74) is 6.28. The number of hydrogen-bond acceptors (Lipinski definition) is 6. The lowest BCUT2D eigenvalue weighted by molar-refractivity contribution is 0.102. The molecule has 0 saturated heterocycles. The second-order valence-electron chi connectivity index (χ2n) is 2.72. The van der Waals surface area contributed by atoms with Crippen LogP contribution in [-0.4, -0.2) is 20.5 Å². The zero-order valence-corrected chi connectivity index (χ0v) is 8.36. The van der Waals surface area contributed by atoms with Crippen LogP contribution in [0.25, 0.3) is 0 Å². The Morgan fingerprint density at radius 1 is 1.47 bits per heavy atom. The van der Waals surface area contributed by atoms with Gasteiger partial charge in [-0.15, -0.1) is 5.10 Å². The molecule has 2 rings (SSSR count). The Morgan fingerprint density at radius 2 is 2.33 bits per heavy atom. The molecule has 1 amide bonds. The molecule has 7 heteroatoms. The van der Waals surface area contributed by atoms with Gasteiger partial charge in [-0.2, -0.15) is 0 Å². The van der Waals surface area contributed by atoms with Gasteiger partial charge in [-0.1, -0.05) is 4.49 Å². The molecule has 2 aromatic heterocycles. The molecule has 2 aromatic rings. The van der Waals surface area contributed by atoms with Crippen LogP contribution in [0.15, 0.2) is 23.7 Å². The highest BCUT2D eigenvalue weighted by atomic mass is 32.1. The molecule has 0 saturated carbocycles. The first kappa shape index (κ1) is 9.53. The van der Waals surface area contributed by atoms with Crippen molar-refractivity contribution in [2.75, 3.05) is 11.1 Å². The van der Waals surface area contributed by atoms with Crippen molar-refractivity contribution in [3.63, 3.8) is 0 Å². The maximum absolute atomic E-state index is 11.5. The fourth-order valence-corrected chi connectivity index (χ4v) is 1.36. The van der Waals surface area contributed by atoms with Gasteiger partial charge in [0.25, 0.3) is 5.91 Å². The first-order valence-electron chi connectivity index (χ1n) is 4.05. The van der Waals surface area contributed by atoms with E-state index in [2.05, 4.69) is 19.9 Å². The molecule has 3 N–H and O–H groups in total. The van der Waals surface area contributed by atoms with Gasteiger partial charge in [-0.25, -0.2) is 4.98 Å². The van der Waals surface area contributed by atoms with Crippen LogP contribution in [0.4, 0.5) is 11.5 Å². The number of hydrogen-bond donors (Lipinski definition) is 2. The number of carbonyl (C=O) groups excluding carboxylic acids is 1. The van der Waals surface area contributed by atoms with Crippen LogP contribution < -0.4 is 11.1 Å². The highest BCUT2D eigenvalue weighted by Gasteiger charge is 2.08. The van der Waals surface area contributed by atoms with Gasteiger partial charge in [0.15, 0.2) is 5.69 Å². The van der Waals surface area contributed by atoms with Gasteiger partial charge >= 0.3 is 0 Å². The topological polar surface area (TPSA) is 93.8 Å². The minimum atomic E-state index is -0.332. The van der Waals surface area contributed by atoms with Crippen molar-refractivity contribution >= 4 is 28.9 Å². The van der Waals surface area contributed by atoms with E-state index in [9.17, 15) is 4.79 Å². The average Bonchev–Trinajstić information content (AvgIpc) is 2.74. The summed E-state index contributed by atoms with van der Waals surface area (Å²) in [6.07, 6.45) is 1.47. The molecular weight excluding hydrogens is 214 g/mol. The number of nitrogen functional groups attached to an aromatic ring is 1. The predicted molar refractivity (Wildman–Crippen MR) is 56.5 cm³/mol. The number of nitrogens with two attached hydrogens (primary N) is 1. The molecule has 6 nitrogen and oxygen atoms in total. The standard InChI is InChI=1S/C8H7N5OS/c9-5-1-2-7(10-3-5)11-8(14)6-4-15-13-12-6/h1-4H,9H2,(H,10,11,14). The van der Waals surface area contributed by atoms with Crippen molar-refractivity contribution in [2.45, 2.75) is 0 Å². The second kappa shape index (κ2) is 4.01. The Labute approximate surface area is 89.3 Å². The van der Waals surface area contributed by atoms with E-state index in [4.69, 9.17) is 5.73 Å². The van der Waals surface area contributed by atoms with Gasteiger partial charge in [-0.05, 0) is 23.7 Å². The van der Waals surface area contributed by atoms with Crippen LogP contribution >= 0.6 is 11.5 Å². The third-order valence-electron chi connectivity index (χ3n) is 1.62. The number of aromatic nitrogens is 3. The van der Waals surface area contributed by atoms with E-state index < -0.39 is 0 Å². The lowest BCUT2D eigenvalue weighted by Gasteiger charge is -2.01. The zero-order valence-electron chi connectivity index (χ0n) is 7.54. The quantitative estimate of drug-likeness (QED) is 0.781. The molecule has 0 aromatic carbocycles. The maximum Gasteiger partial charge on any atom is 0.278 e. The Balaban J connectivity index is 2.09. The summed E-state index contributed by atoms with van der Waals surface area (Å²) >= 11 is 1.12. The molecule has 0 spiro atoms. The van der Waals surface area contributed by atoms with Crippen LogP contribution in [0.3, 0.4) is 0 Å². The third kappa shape index (κ3) is 2.26. The van der Waals surface area contributed by atoms with Crippen LogP contribution in [-0.2, 0) is 0 Å². The highest BCUT2D eigenvalue weighted by molar-refractivity contribution is 7.03. The van der Waals surface area contributed by atoms with Crippen LogP contribution in [0.1, 0.15) is 10.5 Å². The van der Waals surface area contributed by atoms with Crippen molar-refractivity contribution in [1.82, 2.24) is 14.6 Å². The van der Waals surface area contributed by atoms with Crippen molar-refractivity contribution in [2.24, 2.45) is 0 Å². The third-order valence-corrected chi connectivity index (χ3v) is 2.13. The summed E-state index contributed by atoms with van der Waals surface area (Å²) in [5, 5.41) is 7.77. The van der Waals surface area contributed by atoms with E-state index in [0.29, 0.717) is 11.5 Å². The fraction of sp³-hybridized carbons (Fsp3) is 0. The van der Waals surface area contributed by atoms with E-state index in [1.807, 2.05) is 0 Å². The molecule has 0 aliphatic rings. The first-order chi connectivity index (χ1) is 7.25. The van der Waals surface area contributed by atoms with Crippen LogP contribution in [0.2, 0.25) is 0 Å². The number of amides is 1. The van der Waals surface area contributed by atoms with E-state index in [0.717, 1.165) is 11.5 Å². The number of nitrogens with one attached hydrogen (secondary N) is 1. The van der Waals surface area contributed by atoms with E-state index in [-0.39, 0.29) is 11.6 Å². The zero-order chi connectivity index (χ0) is 10.7. The molecule has 0 atom stereocenters. The number of pyridine rings is 1. The van der Waals surface area contributed by atoms with Crippen molar-refractivity contribution < 1.29 is 4.79 Å². The molecule has 0 fully saturated rings. The average molecular weight is 221 g/mol. The lowest BCUT2D eigenvalue weighted by atomic mass is 10.4. The minimum absolute atomic E-state index is 0.277. The van der Waals surface area contributed by atoms with Crippen molar-refractivity contribution in [1.29, 1.82) is 0 Å². The fourth-order valence-electron chi connectivity index (χ4n) is 0.923. The van der Waals surface area contributed by atoms with E-state index in [1.54, 1.807) is 17.5 Å². The summed E-state index contributed by atoms with van der Waals surface area (Å²) in [4.78, 5) is 15.4. The molecule has 15 heavy (non-hydrogen) atoms. The first-order valence-corrected chi connectivity index (χ1v) is 4.89. The van der Waals surface area contributed by atoms with Gasteiger partial charge in [0.2, 0.25) is 0 Å². The molecule has 0 unspecified atom stereocenters. The normalized spacial score (nSPS) is 9.87. The monoisotopic (exact) mass is 221 g/mol. The predicted octanol–water partition coefficient (Wildman–Crippen LogP) is 0.768.